The summed E-state index contributed by atoms with van der Waals surface area (Å²) in [5, 5.41) is 0.907. The highest BCUT2D eigenvalue weighted by atomic mass is 32.1. The maximum atomic E-state index is 13.6. The van der Waals surface area contributed by atoms with Crippen molar-refractivity contribution in [2.24, 2.45) is 0 Å². The van der Waals surface area contributed by atoms with E-state index < -0.39 is 0 Å². The summed E-state index contributed by atoms with van der Waals surface area (Å²) in [5.41, 5.74) is 3.89. The smallest absolute Gasteiger partial charge is 0.205 e. The molecule has 1 aliphatic carbocycles. The molecule has 160 valence electrons. The highest BCUT2D eigenvalue weighted by molar-refractivity contribution is 7.18. The Morgan fingerprint density at radius 3 is 2.35 bits per heavy atom. The number of ketones is 1. The first-order valence-electron chi connectivity index (χ1n) is 11.3. The van der Waals surface area contributed by atoms with Gasteiger partial charge in [0.2, 0.25) is 5.78 Å². The van der Waals surface area contributed by atoms with E-state index in [1.165, 1.54) is 49.0 Å². The first kappa shape index (κ1) is 20.4. The molecule has 0 bridgehead atoms. The molecule has 2 aliphatic rings. The van der Waals surface area contributed by atoms with Gasteiger partial charge in [-0.15, -0.1) is 0 Å². The Morgan fingerprint density at radius 2 is 1.65 bits per heavy atom. The van der Waals surface area contributed by atoms with E-state index in [2.05, 4.69) is 17.0 Å². The average Bonchev–Trinajstić information content (AvgIpc) is 3.31. The van der Waals surface area contributed by atoms with Crippen molar-refractivity contribution < 1.29 is 9.53 Å². The number of anilines is 1. The molecule has 5 heteroatoms. The van der Waals surface area contributed by atoms with E-state index in [9.17, 15) is 4.79 Å². The molecule has 0 radical (unpaired) electrons. The molecule has 3 aromatic rings. The highest BCUT2D eigenvalue weighted by Crippen LogP contribution is 2.36. The number of benzene rings is 2. The van der Waals surface area contributed by atoms with Crippen LogP contribution in [0.4, 0.5) is 5.13 Å². The molecule has 4 nitrogen and oxygen atoms in total. The molecule has 0 N–H and O–H groups in total. The molecule has 5 rings (SSSR count). The Balaban J connectivity index is 1.46. The van der Waals surface area contributed by atoms with Crippen LogP contribution in [0.2, 0.25) is 0 Å². The zero-order chi connectivity index (χ0) is 21.0. The topological polar surface area (TPSA) is 42.4 Å². The first-order chi connectivity index (χ1) is 15.3. The van der Waals surface area contributed by atoms with Gasteiger partial charge < -0.3 is 9.64 Å². The molecule has 2 aromatic carbocycles. The van der Waals surface area contributed by atoms with E-state index in [0.29, 0.717) is 19.1 Å². The molecule has 0 spiro atoms. The van der Waals surface area contributed by atoms with Crippen molar-refractivity contribution in [2.75, 3.05) is 31.2 Å². The second-order valence-corrected chi connectivity index (χ2v) is 9.40. The number of thiazole rings is 1. The van der Waals surface area contributed by atoms with Gasteiger partial charge in [-0.2, -0.15) is 0 Å². The maximum absolute atomic E-state index is 13.6. The Morgan fingerprint density at radius 1 is 0.935 bits per heavy atom. The van der Waals surface area contributed by atoms with E-state index in [0.717, 1.165) is 39.9 Å². The summed E-state index contributed by atoms with van der Waals surface area (Å²) in [7, 11) is 0. The molecular weight excluding hydrogens is 404 g/mol. The summed E-state index contributed by atoms with van der Waals surface area (Å²) in [6.07, 6.45) is 6.52. The zero-order valence-corrected chi connectivity index (χ0v) is 18.6. The van der Waals surface area contributed by atoms with Gasteiger partial charge in [-0.25, -0.2) is 4.98 Å². The van der Waals surface area contributed by atoms with Crippen molar-refractivity contribution in [1.29, 1.82) is 0 Å². The fourth-order valence-electron chi connectivity index (χ4n) is 4.62. The minimum absolute atomic E-state index is 0.0612. The maximum Gasteiger partial charge on any atom is 0.205 e. The lowest BCUT2D eigenvalue weighted by Crippen LogP contribution is -2.36. The largest absolute Gasteiger partial charge is 0.378 e. The van der Waals surface area contributed by atoms with Gasteiger partial charge in [-0.05, 0) is 24.3 Å². The molecule has 1 saturated heterocycles. The van der Waals surface area contributed by atoms with E-state index in [1.54, 1.807) is 0 Å². The number of nitrogens with zero attached hydrogens (tertiary/aromatic N) is 2. The molecule has 0 atom stereocenters. The van der Waals surface area contributed by atoms with Crippen LogP contribution < -0.4 is 4.90 Å². The summed E-state index contributed by atoms with van der Waals surface area (Å²) >= 11 is 1.51. The number of rotatable bonds is 5. The second kappa shape index (κ2) is 9.33. The van der Waals surface area contributed by atoms with Crippen molar-refractivity contribution in [1.82, 2.24) is 4.98 Å². The summed E-state index contributed by atoms with van der Waals surface area (Å²) in [5.74, 6) is 0.708. The third-order valence-electron chi connectivity index (χ3n) is 6.40. The number of ether oxygens (including phenoxy) is 1. The van der Waals surface area contributed by atoms with Gasteiger partial charge in [0.05, 0.1) is 18.9 Å². The predicted molar refractivity (Wildman–Crippen MR) is 126 cm³/mol. The minimum atomic E-state index is 0.0612. The van der Waals surface area contributed by atoms with Gasteiger partial charge in [0.1, 0.15) is 4.88 Å². The van der Waals surface area contributed by atoms with Crippen molar-refractivity contribution in [3.8, 4) is 11.3 Å². The fraction of sp³-hybridized carbons (Fsp3) is 0.385. The number of morpholine rings is 1. The van der Waals surface area contributed by atoms with E-state index in [4.69, 9.17) is 9.72 Å². The van der Waals surface area contributed by atoms with Crippen LogP contribution in [0, 0.1) is 0 Å². The molecule has 31 heavy (non-hydrogen) atoms. The summed E-state index contributed by atoms with van der Waals surface area (Å²) in [4.78, 5) is 21.4. The Bertz CT molecular complexity index is 1020. The molecule has 1 aromatic heterocycles. The summed E-state index contributed by atoms with van der Waals surface area (Å²) in [6.45, 7) is 3.02. The SMILES string of the molecule is O=C(c1ccc(C2CCCCC2)cc1)c1sc(N2CCOCC2)nc1-c1ccccc1. The third kappa shape index (κ3) is 4.43. The normalized spacial score (nSPS) is 17.6. The second-order valence-electron chi connectivity index (χ2n) is 8.43. The summed E-state index contributed by atoms with van der Waals surface area (Å²) < 4.78 is 5.49. The number of carbonyl (C=O) groups is 1. The van der Waals surface area contributed by atoms with Gasteiger partial charge in [0.25, 0.3) is 0 Å². The standard InChI is InChI=1S/C26H28N2O2S/c29-24(22-13-11-20(12-14-22)19-7-3-1-4-8-19)25-23(21-9-5-2-6-10-21)27-26(31-25)28-15-17-30-18-16-28/h2,5-6,9-14,19H,1,3-4,7-8,15-18H2. The summed E-state index contributed by atoms with van der Waals surface area (Å²) in [6, 6.07) is 18.4. The van der Waals surface area contributed by atoms with E-state index in [-0.39, 0.29) is 5.78 Å². The molecular formula is C26H28N2O2S. The molecule has 2 heterocycles. The van der Waals surface area contributed by atoms with Gasteiger partial charge in [0, 0.05) is 24.2 Å². The quantitative estimate of drug-likeness (QED) is 0.469. The monoisotopic (exact) mass is 432 g/mol. The zero-order valence-electron chi connectivity index (χ0n) is 17.8. The lowest BCUT2D eigenvalue weighted by molar-refractivity contribution is 0.104. The van der Waals surface area contributed by atoms with Crippen LogP contribution in [0.1, 0.15) is 58.8 Å². The first-order valence-corrected chi connectivity index (χ1v) is 12.1. The minimum Gasteiger partial charge on any atom is -0.378 e. The lowest BCUT2D eigenvalue weighted by Gasteiger charge is -2.26. The molecule has 2 fully saturated rings. The van der Waals surface area contributed by atoms with Crippen LogP contribution in [0.25, 0.3) is 11.3 Å². The van der Waals surface area contributed by atoms with Crippen molar-refractivity contribution in [3.05, 3.63) is 70.6 Å². The van der Waals surface area contributed by atoms with Crippen LogP contribution in [0.15, 0.2) is 54.6 Å². The van der Waals surface area contributed by atoms with Crippen molar-refractivity contribution in [2.45, 2.75) is 38.0 Å². The molecule has 0 unspecified atom stereocenters. The highest BCUT2D eigenvalue weighted by Gasteiger charge is 2.24. The lowest BCUT2D eigenvalue weighted by atomic mass is 9.84. The molecule has 1 aliphatic heterocycles. The van der Waals surface area contributed by atoms with Crippen molar-refractivity contribution >= 4 is 22.3 Å². The third-order valence-corrected chi connectivity index (χ3v) is 7.52. The van der Waals surface area contributed by atoms with Gasteiger partial charge in [-0.3, -0.25) is 4.79 Å². The Kier molecular flexibility index (Phi) is 6.14. The van der Waals surface area contributed by atoms with Crippen LogP contribution in [-0.2, 0) is 4.74 Å². The van der Waals surface area contributed by atoms with Crippen LogP contribution in [0.3, 0.4) is 0 Å². The van der Waals surface area contributed by atoms with Crippen LogP contribution in [0.5, 0.6) is 0 Å². The van der Waals surface area contributed by atoms with Gasteiger partial charge in [-0.1, -0.05) is 85.2 Å². The predicted octanol–water partition coefficient (Wildman–Crippen LogP) is 5.93. The van der Waals surface area contributed by atoms with Gasteiger partial charge >= 0.3 is 0 Å². The van der Waals surface area contributed by atoms with Crippen molar-refractivity contribution in [3.63, 3.8) is 0 Å². The number of carbonyl (C=O) groups excluding carboxylic acids is 1. The average molecular weight is 433 g/mol. The number of hydrogen-bond acceptors (Lipinski definition) is 5. The molecule has 0 amide bonds. The van der Waals surface area contributed by atoms with Crippen LogP contribution >= 0.6 is 11.3 Å². The van der Waals surface area contributed by atoms with E-state index >= 15 is 0 Å². The Labute approximate surface area is 187 Å². The number of aromatic nitrogens is 1. The molecule has 1 saturated carbocycles. The van der Waals surface area contributed by atoms with Crippen LogP contribution in [-0.4, -0.2) is 37.1 Å². The Hall–Kier alpha value is -2.50. The van der Waals surface area contributed by atoms with Gasteiger partial charge in [0.15, 0.2) is 5.13 Å². The van der Waals surface area contributed by atoms with E-state index in [1.807, 2.05) is 42.5 Å². The fourth-order valence-corrected chi connectivity index (χ4v) is 5.72. The number of hydrogen-bond donors (Lipinski definition) is 0.